The van der Waals surface area contributed by atoms with Crippen LogP contribution in [0.3, 0.4) is 0 Å². The molecule has 0 saturated carbocycles. The van der Waals surface area contributed by atoms with Crippen molar-refractivity contribution in [2.45, 2.75) is 39.5 Å². The van der Waals surface area contributed by atoms with Crippen molar-refractivity contribution in [2.75, 3.05) is 7.11 Å². The zero-order valence-electron chi connectivity index (χ0n) is 23.7. The van der Waals surface area contributed by atoms with Gasteiger partial charge in [-0.1, -0.05) is 36.4 Å². The number of ether oxygens (including phenoxy) is 3. The van der Waals surface area contributed by atoms with Gasteiger partial charge < -0.3 is 28.3 Å². The van der Waals surface area contributed by atoms with Gasteiger partial charge in [0.1, 0.15) is 23.8 Å². The number of carboxylic acids is 1. The molecule has 0 unspecified atom stereocenters. The predicted octanol–water partition coefficient (Wildman–Crippen LogP) is 7.70. The van der Waals surface area contributed by atoms with Crippen LogP contribution in [0.5, 0.6) is 17.2 Å². The van der Waals surface area contributed by atoms with E-state index in [-0.39, 0.29) is 6.61 Å². The lowest BCUT2D eigenvalue weighted by Crippen LogP contribution is -2.37. The van der Waals surface area contributed by atoms with Gasteiger partial charge >= 0.3 is 5.97 Å². The summed E-state index contributed by atoms with van der Waals surface area (Å²) in [6.07, 6.45) is 0. The van der Waals surface area contributed by atoms with Crippen LogP contribution in [-0.4, -0.2) is 33.3 Å². The minimum absolute atomic E-state index is 0.249. The van der Waals surface area contributed by atoms with E-state index in [2.05, 4.69) is 15.6 Å². The first-order valence-electron chi connectivity index (χ1n) is 13.5. The Bertz CT molecular complexity index is 1900. The number of thiophene rings is 1. The van der Waals surface area contributed by atoms with E-state index >= 15 is 0 Å². The first-order chi connectivity index (χ1) is 20.2. The van der Waals surface area contributed by atoms with E-state index in [1.807, 2.05) is 79.0 Å². The highest BCUT2D eigenvalue weighted by atomic mass is 32.1. The highest BCUT2D eigenvalue weighted by Crippen LogP contribution is 2.38. The van der Waals surface area contributed by atoms with Crippen LogP contribution in [0.1, 0.15) is 30.9 Å². The summed E-state index contributed by atoms with van der Waals surface area (Å²) in [7, 11) is 1.62. The number of aliphatic carboxylic acids is 1. The second-order valence-electron chi connectivity index (χ2n) is 10.4. The Hall–Kier alpha value is -4.76. The Balaban J connectivity index is 1.30. The Morgan fingerprint density at radius 3 is 2.57 bits per heavy atom. The molecule has 0 saturated heterocycles. The molecule has 0 bridgehead atoms. The maximum Gasteiger partial charge on any atom is 0.347 e. The molecule has 0 radical (unpaired) electrons. The zero-order chi connectivity index (χ0) is 29.4. The van der Waals surface area contributed by atoms with Crippen LogP contribution in [0.25, 0.3) is 32.6 Å². The Morgan fingerprint density at radius 2 is 1.81 bits per heavy atom. The van der Waals surface area contributed by atoms with E-state index < -0.39 is 11.6 Å². The second kappa shape index (κ2) is 10.9. The Kier molecular flexibility index (Phi) is 7.12. The van der Waals surface area contributed by atoms with E-state index in [0.717, 1.165) is 43.7 Å². The van der Waals surface area contributed by atoms with Crippen molar-refractivity contribution in [3.05, 3.63) is 95.2 Å². The largest absolute Gasteiger partial charge is 0.493 e. The normalized spacial score (nSPS) is 11.7. The van der Waals surface area contributed by atoms with Crippen molar-refractivity contribution >= 4 is 39.1 Å². The van der Waals surface area contributed by atoms with E-state index in [1.54, 1.807) is 32.3 Å². The topological polar surface area (TPSA) is 96.0 Å². The van der Waals surface area contributed by atoms with Gasteiger partial charge in [0.25, 0.3) is 0 Å². The molecular weight excluding hydrogens is 552 g/mol. The monoisotopic (exact) mass is 582 g/mol. The number of para-hydroxylation sites is 1. The molecule has 0 aliphatic heterocycles. The average molecular weight is 583 g/mol. The molecule has 0 aliphatic rings. The third kappa shape index (κ3) is 5.07. The molecule has 9 heteroatoms. The number of fused-ring (bicyclic) bond motifs is 3. The van der Waals surface area contributed by atoms with Crippen molar-refractivity contribution in [3.63, 3.8) is 0 Å². The summed E-state index contributed by atoms with van der Waals surface area (Å²) in [4.78, 5) is 17.4. The molecule has 8 nitrogen and oxygen atoms in total. The Morgan fingerprint density at radius 1 is 1.00 bits per heavy atom. The summed E-state index contributed by atoms with van der Waals surface area (Å²) in [5, 5.41) is 13.5. The maximum absolute atomic E-state index is 11.8. The SMILES string of the molecule is COc1cc(Cn2c3ccccc3c3c(OC(C)(C)C(=O)O)cccc32)ccc1OCc1nc(-c2cccs2)oc1C. The van der Waals surface area contributed by atoms with E-state index in [4.69, 9.17) is 18.6 Å². The van der Waals surface area contributed by atoms with Crippen LogP contribution in [0.15, 0.2) is 82.6 Å². The van der Waals surface area contributed by atoms with Crippen molar-refractivity contribution in [2.24, 2.45) is 0 Å². The average Bonchev–Trinajstić information content (AvgIpc) is 3.71. The van der Waals surface area contributed by atoms with Crippen molar-refractivity contribution in [1.82, 2.24) is 9.55 Å². The number of benzene rings is 3. The molecule has 3 aromatic heterocycles. The van der Waals surface area contributed by atoms with Crippen LogP contribution < -0.4 is 14.2 Å². The molecule has 0 fully saturated rings. The summed E-state index contributed by atoms with van der Waals surface area (Å²) in [6.45, 7) is 5.79. The first-order valence-corrected chi connectivity index (χ1v) is 14.4. The molecule has 0 amide bonds. The Labute approximate surface area is 246 Å². The predicted molar refractivity (Wildman–Crippen MR) is 163 cm³/mol. The van der Waals surface area contributed by atoms with Gasteiger partial charge in [-0.05, 0) is 68.1 Å². The number of oxazole rings is 1. The highest BCUT2D eigenvalue weighted by molar-refractivity contribution is 7.13. The van der Waals surface area contributed by atoms with Gasteiger partial charge in [0, 0.05) is 22.8 Å². The van der Waals surface area contributed by atoms with Crippen LogP contribution in [0.2, 0.25) is 0 Å². The lowest BCUT2D eigenvalue weighted by Gasteiger charge is -2.22. The molecular formula is C33H30N2O6S. The van der Waals surface area contributed by atoms with Crippen molar-refractivity contribution in [1.29, 1.82) is 0 Å². The second-order valence-corrected chi connectivity index (χ2v) is 11.4. The van der Waals surface area contributed by atoms with E-state index in [1.165, 1.54) is 0 Å². The lowest BCUT2D eigenvalue weighted by atomic mass is 10.1. The highest BCUT2D eigenvalue weighted by Gasteiger charge is 2.30. The molecule has 0 spiro atoms. The quantitative estimate of drug-likeness (QED) is 0.177. The van der Waals surface area contributed by atoms with Gasteiger partial charge in [0.15, 0.2) is 17.1 Å². The first kappa shape index (κ1) is 27.4. The number of aromatic nitrogens is 2. The standard InChI is InChI=1S/C33H30N2O6S/c1-20-23(34-31(40-20)29-13-8-16-42-29)19-39-26-15-14-21(17-28(26)38-4)18-35-24-10-6-5-9-22(24)30-25(35)11-7-12-27(30)41-33(2,3)32(36)37/h5-17H,18-19H2,1-4H3,(H,36,37). The number of rotatable bonds is 10. The fraction of sp³-hybridized carbons (Fsp3) is 0.212. The molecule has 214 valence electrons. The number of carboxylic acid groups (broad SMARTS) is 1. The van der Waals surface area contributed by atoms with Crippen LogP contribution in [-0.2, 0) is 17.9 Å². The number of hydrogen-bond acceptors (Lipinski definition) is 7. The molecule has 3 heterocycles. The third-order valence-electron chi connectivity index (χ3n) is 7.20. The summed E-state index contributed by atoms with van der Waals surface area (Å²) < 4.78 is 25.9. The van der Waals surface area contributed by atoms with Gasteiger partial charge in [-0.3, -0.25) is 0 Å². The fourth-order valence-corrected chi connectivity index (χ4v) is 5.61. The minimum atomic E-state index is -1.38. The molecule has 6 rings (SSSR count). The minimum Gasteiger partial charge on any atom is -0.493 e. The number of hydrogen-bond donors (Lipinski definition) is 1. The molecule has 0 atom stereocenters. The summed E-state index contributed by atoms with van der Waals surface area (Å²) >= 11 is 1.58. The zero-order valence-corrected chi connectivity index (χ0v) is 24.5. The molecule has 6 aromatic rings. The van der Waals surface area contributed by atoms with Crippen LogP contribution in [0.4, 0.5) is 0 Å². The van der Waals surface area contributed by atoms with Crippen LogP contribution >= 0.6 is 11.3 Å². The van der Waals surface area contributed by atoms with Crippen molar-refractivity contribution < 1.29 is 28.5 Å². The van der Waals surface area contributed by atoms with Crippen LogP contribution in [0, 0.1) is 6.92 Å². The maximum atomic E-state index is 11.8. The van der Waals surface area contributed by atoms with Gasteiger partial charge in [-0.25, -0.2) is 9.78 Å². The van der Waals surface area contributed by atoms with E-state index in [0.29, 0.717) is 29.7 Å². The van der Waals surface area contributed by atoms with Crippen molar-refractivity contribution in [3.8, 4) is 28.0 Å². The number of aryl methyl sites for hydroxylation is 1. The summed E-state index contributed by atoms with van der Waals surface area (Å²) in [5.74, 6) is 2.03. The van der Waals surface area contributed by atoms with Gasteiger partial charge in [-0.15, -0.1) is 11.3 Å². The summed E-state index contributed by atoms with van der Waals surface area (Å²) in [6, 6.07) is 23.6. The van der Waals surface area contributed by atoms with Gasteiger partial charge in [0.05, 0.1) is 17.5 Å². The number of methoxy groups -OCH3 is 1. The molecule has 1 N–H and O–H groups in total. The molecule has 0 aliphatic carbocycles. The molecule has 3 aromatic carbocycles. The van der Waals surface area contributed by atoms with E-state index in [9.17, 15) is 9.90 Å². The number of carbonyl (C=O) groups is 1. The summed E-state index contributed by atoms with van der Waals surface area (Å²) in [5.41, 5.74) is 2.32. The van der Waals surface area contributed by atoms with Gasteiger partial charge in [0.2, 0.25) is 5.89 Å². The lowest BCUT2D eigenvalue weighted by molar-refractivity contribution is -0.152. The molecule has 42 heavy (non-hydrogen) atoms. The van der Waals surface area contributed by atoms with Gasteiger partial charge in [-0.2, -0.15) is 0 Å². The fourth-order valence-electron chi connectivity index (χ4n) is 4.97. The smallest absolute Gasteiger partial charge is 0.347 e. The number of nitrogens with zero attached hydrogens (tertiary/aromatic N) is 2. The third-order valence-corrected chi connectivity index (χ3v) is 8.05.